The highest BCUT2D eigenvalue weighted by Crippen LogP contribution is 2.18. The number of hydrogen-bond donors (Lipinski definition) is 0. The Hall–Kier alpha value is -0.960. The summed E-state index contributed by atoms with van der Waals surface area (Å²) < 4.78 is 16.2. The van der Waals surface area contributed by atoms with Crippen LogP contribution in [0, 0.1) is 12.3 Å². The fourth-order valence-corrected chi connectivity index (χ4v) is 1.97. The Labute approximate surface area is 100 Å². The Kier molecular flexibility index (Phi) is 4.03. The summed E-state index contributed by atoms with van der Waals surface area (Å²) in [5.74, 6) is 0. The standard InChI is InChI=1S/C13H19NOS/c1-10-6-8-12(9-7-10)16(15)14-11(2)13(3,4)5/h6-9H,1-5H3/b14-11+. The maximum atomic E-state index is 11.9. The van der Waals surface area contributed by atoms with Gasteiger partial charge < -0.3 is 0 Å². The fraction of sp³-hybridized carbons (Fsp3) is 0.462. The molecule has 16 heavy (non-hydrogen) atoms. The minimum Gasteiger partial charge on any atom is -0.229 e. The molecule has 0 aliphatic carbocycles. The van der Waals surface area contributed by atoms with Crippen molar-refractivity contribution >= 4 is 16.7 Å². The van der Waals surface area contributed by atoms with E-state index in [9.17, 15) is 4.21 Å². The van der Waals surface area contributed by atoms with E-state index in [1.54, 1.807) is 0 Å². The SMILES string of the molecule is C/C(=N\S(=O)c1ccc(C)cc1)C(C)(C)C. The van der Waals surface area contributed by atoms with Gasteiger partial charge in [0.2, 0.25) is 0 Å². The molecule has 0 aromatic heterocycles. The highest BCUT2D eigenvalue weighted by Gasteiger charge is 2.15. The van der Waals surface area contributed by atoms with Crippen LogP contribution in [-0.4, -0.2) is 9.92 Å². The third-order valence-corrected chi connectivity index (χ3v) is 3.64. The summed E-state index contributed by atoms with van der Waals surface area (Å²) in [5.41, 5.74) is 2.05. The van der Waals surface area contributed by atoms with E-state index in [0.717, 1.165) is 16.2 Å². The van der Waals surface area contributed by atoms with Crippen LogP contribution in [-0.2, 0) is 11.0 Å². The van der Waals surface area contributed by atoms with Gasteiger partial charge in [-0.3, -0.25) is 0 Å². The molecule has 1 atom stereocenters. The normalized spacial score (nSPS) is 14.9. The molecule has 0 radical (unpaired) electrons. The van der Waals surface area contributed by atoms with Crippen molar-refractivity contribution in [3.63, 3.8) is 0 Å². The lowest BCUT2D eigenvalue weighted by molar-refractivity contribution is 0.588. The highest BCUT2D eigenvalue weighted by molar-refractivity contribution is 7.83. The van der Waals surface area contributed by atoms with Crippen molar-refractivity contribution in [2.24, 2.45) is 9.81 Å². The van der Waals surface area contributed by atoms with Crippen LogP contribution in [0.4, 0.5) is 0 Å². The number of benzene rings is 1. The topological polar surface area (TPSA) is 29.4 Å². The summed E-state index contributed by atoms with van der Waals surface area (Å²) in [6.45, 7) is 10.1. The molecule has 0 N–H and O–H groups in total. The zero-order valence-corrected chi connectivity index (χ0v) is 11.4. The summed E-state index contributed by atoms with van der Waals surface area (Å²) in [7, 11) is -1.28. The number of aryl methyl sites for hydroxylation is 1. The average Bonchev–Trinajstić information content (AvgIpc) is 2.17. The van der Waals surface area contributed by atoms with E-state index in [2.05, 4.69) is 25.2 Å². The van der Waals surface area contributed by atoms with Crippen LogP contribution in [0.5, 0.6) is 0 Å². The predicted molar refractivity (Wildman–Crippen MR) is 70.2 cm³/mol. The van der Waals surface area contributed by atoms with E-state index < -0.39 is 11.0 Å². The molecule has 3 heteroatoms. The summed E-state index contributed by atoms with van der Waals surface area (Å²) in [6, 6.07) is 7.64. The van der Waals surface area contributed by atoms with E-state index in [-0.39, 0.29) is 5.41 Å². The molecule has 88 valence electrons. The molecule has 2 nitrogen and oxygen atoms in total. The molecule has 0 fully saturated rings. The minimum absolute atomic E-state index is 0.0274. The molecule has 1 aromatic rings. The Morgan fingerprint density at radius 3 is 2.12 bits per heavy atom. The second-order valence-corrected chi connectivity index (χ2v) is 6.14. The molecule has 0 heterocycles. The summed E-state index contributed by atoms with van der Waals surface area (Å²) >= 11 is 0. The fourth-order valence-electron chi connectivity index (χ4n) is 0.969. The smallest absolute Gasteiger partial charge is 0.172 e. The summed E-state index contributed by atoms with van der Waals surface area (Å²) in [6.07, 6.45) is 0. The van der Waals surface area contributed by atoms with E-state index in [1.165, 1.54) is 0 Å². The van der Waals surface area contributed by atoms with Crippen molar-refractivity contribution in [2.45, 2.75) is 39.5 Å². The Balaban J connectivity index is 2.92. The van der Waals surface area contributed by atoms with E-state index in [1.807, 2.05) is 38.1 Å². The molecule has 1 unspecified atom stereocenters. The van der Waals surface area contributed by atoms with Gasteiger partial charge in [-0.05, 0) is 26.0 Å². The van der Waals surface area contributed by atoms with Crippen LogP contribution in [0.15, 0.2) is 33.6 Å². The molecule has 0 bridgehead atoms. The van der Waals surface area contributed by atoms with Gasteiger partial charge in [0.05, 0.1) is 4.90 Å². The second kappa shape index (κ2) is 4.91. The molecule has 0 amide bonds. The van der Waals surface area contributed by atoms with Crippen LogP contribution < -0.4 is 0 Å². The van der Waals surface area contributed by atoms with Gasteiger partial charge in [-0.2, -0.15) is 4.40 Å². The first kappa shape index (κ1) is 13.1. The maximum absolute atomic E-state index is 11.9. The Morgan fingerprint density at radius 2 is 1.69 bits per heavy atom. The van der Waals surface area contributed by atoms with Gasteiger partial charge in [0.1, 0.15) is 0 Å². The molecule has 0 saturated heterocycles. The Morgan fingerprint density at radius 1 is 1.19 bits per heavy atom. The third-order valence-electron chi connectivity index (χ3n) is 2.53. The lowest BCUT2D eigenvalue weighted by Crippen LogP contribution is -2.17. The first-order chi connectivity index (χ1) is 7.30. The molecule has 0 aliphatic rings. The van der Waals surface area contributed by atoms with Crippen molar-refractivity contribution in [3.05, 3.63) is 29.8 Å². The molecule has 1 rings (SSSR count). The number of hydrogen-bond acceptors (Lipinski definition) is 1. The number of rotatable bonds is 2. The Bertz CT molecular complexity index is 413. The van der Waals surface area contributed by atoms with Crippen LogP contribution in [0.1, 0.15) is 33.3 Å². The molecular formula is C13H19NOS. The van der Waals surface area contributed by atoms with Crippen molar-refractivity contribution in [2.75, 3.05) is 0 Å². The van der Waals surface area contributed by atoms with Crippen LogP contribution in [0.25, 0.3) is 0 Å². The van der Waals surface area contributed by atoms with Crippen LogP contribution in [0.2, 0.25) is 0 Å². The van der Waals surface area contributed by atoms with Gasteiger partial charge in [-0.1, -0.05) is 38.5 Å². The maximum Gasteiger partial charge on any atom is 0.172 e. The van der Waals surface area contributed by atoms with Crippen molar-refractivity contribution < 1.29 is 4.21 Å². The minimum atomic E-state index is -1.28. The van der Waals surface area contributed by atoms with Crippen molar-refractivity contribution in [3.8, 4) is 0 Å². The lowest BCUT2D eigenvalue weighted by Gasteiger charge is -2.17. The van der Waals surface area contributed by atoms with Crippen LogP contribution >= 0.6 is 0 Å². The first-order valence-corrected chi connectivity index (χ1v) is 6.46. The molecule has 0 aliphatic heterocycles. The molecule has 1 aromatic carbocycles. The lowest BCUT2D eigenvalue weighted by atomic mass is 9.91. The van der Waals surface area contributed by atoms with Crippen molar-refractivity contribution in [1.29, 1.82) is 0 Å². The van der Waals surface area contributed by atoms with Gasteiger partial charge in [0.15, 0.2) is 11.0 Å². The van der Waals surface area contributed by atoms with Gasteiger partial charge in [-0.15, -0.1) is 0 Å². The number of nitrogens with zero attached hydrogens (tertiary/aromatic N) is 1. The summed E-state index contributed by atoms with van der Waals surface area (Å²) in [5, 5.41) is 0. The molecule has 0 saturated carbocycles. The quantitative estimate of drug-likeness (QED) is 0.724. The van der Waals surface area contributed by atoms with Gasteiger partial charge >= 0.3 is 0 Å². The predicted octanol–water partition coefficient (Wildman–Crippen LogP) is 3.52. The zero-order chi connectivity index (χ0) is 12.3. The largest absolute Gasteiger partial charge is 0.229 e. The third kappa shape index (κ3) is 3.56. The van der Waals surface area contributed by atoms with Gasteiger partial charge in [-0.25, -0.2) is 4.21 Å². The molecular weight excluding hydrogens is 218 g/mol. The van der Waals surface area contributed by atoms with E-state index in [4.69, 9.17) is 0 Å². The monoisotopic (exact) mass is 237 g/mol. The van der Waals surface area contributed by atoms with Crippen molar-refractivity contribution in [1.82, 2.24) is 0 Å². The van der Waals surface area contributed by atoms with E-state index in [0.29, 0.717) is 0 Å². The summed E-state index contributed by atoms with van der Waals surface area (Å²) in [4.78, 5) is 0.759. The van der Waals surface area contributed by atoms with Gasteiger partial charge in [0.25, 0.3) is 0 Å². The highest BCUT2D eigenvalue weighted by atomic mass is 32.2. The zero-order valence-electron chi connectivity index (χ0n) is 10.6. The van der Waals surface area contributed by atoms with E-state index >= 15 is 0 Å². The first-order valence-electron chi connectivity index (χ1n) is 5.35. The molecule has 0 spiro atoms. The van der Waals surface area contributed by atoms with Crippen LogP contribution in [0.3, 0.4) is 0 Å². The average molecular weight is 237 g/mol. The second-order valence-electron chi connectivity index (χ2n) is 4.99. The van der Waals surface area contributed by atoms with Gasteiger partial charge in [0, 0.05) is 11.1 Å².